The van der Waals surface area contributed by atoms with Crippen LogP contribution in [0.2, 0.25) is 0 Å². The van der Waals surface area contributed by atoms with Crippen LogP contribution in [0.25, 0.3) is 10.8 Å². The fourth-order valence-corrected chi connectivity index (χ4v) is 6.31. The van der Waals surface area contributed by atoms with Gasteiger partial charge in [0, 0.05) is 37.8 Å². The van der Waals surface area contributed by atoms with Crippen LogP contribution in [0.1, 0.15) is 42.0 Å². The molecule has 0 saturated carbocycles. The molecule has 2 heterocycles. The summed E-state index contributed by atoms with van der Waals surface area (Å²) in [5.41, 5.74) is 2.29. The summed E-state index contributed by atoms with van der Waals surface area (Å²) in [5.74, 6) is -0.730. The lowest BCUT2D eigenvalue weighted by Gasteiger charge is -2.40. The van der Waals surface area contributed by atoms with Crippen molar-refractivity contribution in [3.63, 3.8) is 0 Å². The predicted octanol–water partition coefficient (Wildman–Crippen LogP) is 3.27. The second-order valence-corrected chi connectivity index (χ2v) is 9.75. The van der Waals surface area contributed by atoms with Crippen molar-refractivity contribution < 1.29 is 14.7 Å². The fraction of sp³-hybridized carbons (Fsp3) is 0.357. The molecule has 6 nitrogen and oxygen atoms in total. The molecule has 1 aliphatic carbocycles. The number of piperidine rings is 1. The summed E-state index contributed by atoms with van der Waals surface area (Å²) in [6, 6.07) is 20.9. The van der Waals surface area contributed by atoms with E-state index in [0.717, 1.165) is 38.0 Å². The fourth-order valence-electron chi connectivity index (χ4n) is 6.31. The lowest BCUT2D eigenvalue weighted by molar-refractivity contribution is -0.143. The second kappa shape index (κ2) is 7.93. The molecule has 3 aliphatic rings. The third kappa shape index (κ3) is 3.09. The number of aliphatic hydroxyl groups is 1. The van der Waals surface area contributed by atoms with Crippen LogP contribution >= 0.6 is 0 Å². The summed E-state index contributed by atoms with van der Waals surface area (Å²) < 4.78 is 0. The highest BCUT2D eigenvalue weighted by Crippen LogP contribution is 2.46. The first kappa shape index (κ1) is 21.3. The van der Waals surface area contributed by atoms with E-state index in [1.807, 2.05) is 18.2 Å². The number of carbonyl (C=O) groups is 2. The van der Waals surface area contributed by atoms with Gasteiger partial charge in [-0.25, -0.2) is 0 Å². The Morgan fingerprint density at radius 2 is 1.79 bits per heavy atom. The lowest BCUT2D eigenvalue weighted by Crippen LogP contribution is -2.51. The quantitative estimate of drug-likeness (QED) is 0.633. The minimum Gasteiger partial charge on any atom is -0.375 e. The zero-order chi connectivity index (χ0) is 23.4. The van der Waals surface area contributed by atoms with Crippen molar-refractivity contribution in [1.29, 1.82) is 0 Å². The van der Waals surface area contributed by atoms with E-state index < -0.39 is 5.60 Å². The minimum absolute atomic E-state index is 0.00295. The predicted molar refractivity (Wildman–Crippen MR) is 131 cm³/mol. The van der Waals surface area contributed by atoms with Crippen molar-refractivity contribution in [2.45, 2.75) is 43.4 Å². The lowest BCUT2D eigenvalue weighted by atomic mass is 9.91. The number of fused-ring (bicyclic) bond motifs is 1. The Morgan fingerprint density at radius 1 is 1.06 bits per heavy atom. The van der Waals surface area contributed by atoms with Crippen LogP contribution < -0.4 is 10.2 Å². The minimum atomic E-state index is -1.81. The first-order valence-corrected chi connectivity index (χ1v) is 12.1. The van der Waals surface area contributed by atoms with Crippen molar-refractivity contribution in [1.82, 2.24) is 10.2 Å². The molecule has 2 aliphatic heterocycles. The van der Waals surface area contributed by atoms with Gasteiger partial charge in [0.1, 0.15) is 0 Å². The van der Waals surface area contributed by atoms with Crippen LogP contribution in [0.5, 0.6) is 0 Å². The molecule has 0 unspecified atom stereocenters. The van der Waals surface area contributed by atoms with Crippen molar-refractivity contribution >= 4 is 28.3 Å². The van der Waals surface area contributed by atoms with Crippen molar-refractivity contribution in [3.05, 3.63) is 77.4 Å². The van der Waals surface area contributed by atoms with Crippen LogP contribution in [-0.4, -0.2) is 48.0 Å². The summed E-state index contributed by atoms with van der Waals surface area (Å²) in [5, 5.41) is 16.6. The normalized spacial score (nSPS) is 24.6. The Hall–Kier alpha value is -3.22. The van der Waals surface area contributed by atoms with Crippen molar-refractivity contribution in [3.8, 4) is 0 Å². The molecule has 1 saturated heterocycles. The molecule has 174 valence electrons. The Bertz CT molecular complexity index is 1290. The molecule has 3 aromatic carbocycles. The molecule has 0 bridgehead atoms. The van der Waals surface area contributed by atoms with E-state index in [1.54, 1.807) is 11.0 Å². The van der Waals surface area contributed by atoms with Gasteiger partial charge < -0.3 is 15.3 Å². The molecule has 2 N–H and O–H groups in total. The molecule has 0 aromatic heterocycles. The molecule has 6 heteroatoms. The van der Waals surface area contributed by atoms with E-state index in [0.29, 0.717) is 11.6 Å². The summed E-state index contributed by atoms with van der Waals surface area (Å²) in [4.78, 5) is 30.0. The molecule has 2 amide bonds. The van der Waals surface area contributed by atoms with E-state index in [9.17, 15) is 14.7 Å². The molecular weight excluding hydrogens is 426 g/mol. The maximum Gasteiger partial charge on any atom is 0.264 e. The largest absolute Gasteiger partial charge is 0.375 e. The summed E-state index contributed by atoms with van der Waals surface area (Å²) in [7, 11) is 1.52. The Labute approximate surface area is 199 Å². The van der Waals surface area contributed by atoms with Gasteiger partial charge in [-0.2, -0.15) is 0 Å². The van der Waals surface area contributed by atoms with Gasteiger partial charge in [-0.3, -0.25) is 14.5 Å². The molecule has 0 spiro atoms. The van der Waals surface area contributed by atoms with Gasteiger partial charge in [-0.15, -0.1) is 0 Å². The Morgan fingerprint density at radius 3 is 2.56 bits per heavy atom. The average Bonchev–Trinajstić information content (AvgIpc) is 3.34. The SMILES string of the molecule is CNC(=O)C[C@]1(O)C(=O)N(C2CCN([C@@H]3Cc4cccc5cccc3c45)CC2)c2ccccc21. The number of nitrogens with one attached hydrogen (secondary N) is 1. The molecule has 2 atom stereocenters. The van der Waals surface area contributed by atoms with Gasteiger partial charge in [0.2, 0.25) is 5.91 Å². The van der Waals surface area contributed by atoms with Gasteiger partial charge in [0.25, 0.3) is 5.91 Å². The summed E-state index contributed by atoms with van der Waals surface area (Å²) in [6.07, 6.45) is 2.43. The number of para-hydroxylation sites is 1. The van der Waals surface area contributed by atoms with Crippen molar-refractivity contribution in [2.75, 3.05) is 25.0 Å². The van der Waals surface area contributed by atoms with E-state index in [2.05, 4.69) is 46.6 Å². The standard InChI is InChI=1S/C28H29N3O3/c1-29-25(32)17-28(34)22-10-2-3-11-23(22)31(27(28)33)20-12-14-30(15-13-20)24-16-19-8-4-6-18-7-5-9-21(24)26(18)19/h2-11,20,24,34H,12-17H2,1H3,(H,29,32)/t24-,28-/m1/s1. The topological polar surface area (TPSA) is 72.9 Å². The maximum atomic E-state index is 13.5. The number of hydrogen-bond acceptors (Lipinski definition) is 4. The van der Waals surface area contributed by atoms with E-state index in [4.69, 9.17) is 0 Å². The number of anilines is 1. The maximum absolute atomic E-state index is 13.5. The average molecular weight is 456 g/mol. The number of carbonyl (C=O) groups excluding carboxylic acids is 2. The third-order valence-electron chi connectivity index (χ3n) is 7.98. The van der Waals surface area contributed by atoms with Gasteiger partial charge in [0.05, 0.1) is 12.1 Å². The van der Waals surface area contributed by atoms with Crippen molar-refractivity contribution in [2.24, 2.45) is 0 Å². The Kier molecular flexibility index (Phi) is 4.97. The molecule has 3 aromatic rings. The molecular formula is C28H29N3O3. The molecule has 34 heavy (non-hydrogen) atoms. The second-order valence-electron chi connectivity index (χ2n) is 9.75. The highest BCUT2D eigenvalue weighted by atomic mass is 16.3. The number of hydrogen-bond donors (Lipinski definition) is 2. The van der Waals surface area contributed by atoms with Crippen LogP contribution in [0.4, 0.5) is 5.69 Å². The highest BCUT2D eigenvalue weighted by molar-refractivity contribution is 6.09. The zero-order valence-corrected chi connectivity index (χ0v) is 19.3. The van der Waals surface area contributed by atoms with Gasteiger partial charge >= 0.3 is 0 Å². The van der Waals surface area contributed by atoms with Gasteiger partial charge in [-0.1, -0.05) is 54.6 Å². The van der Waals surface area contributed by atoms with Crippen LogP contribution in [-0.2, 0) is 21.6 Å². The van der Waals surface area contributed by atoms with E-state index in [-0.39, 0.29) is 24.3 Å². The number of likely N-dealkylation sites (tertiary alicyclic amines) is 1. The molecule has 6 rings (SSSR count). The number of amides is 2. The number of rotatable bonds is 4. The number of nitrogens with zero attached hydrogens (tertiary/aromatic N) is 2. The molecule has 1 fully saturated rings. The smallest absolute Gasteiger partial charge is 0.264 e. The highest BCUT2D eigenvalue weighted by Gasteiger charge is 2.52. The molecule has 0 radical (unpaired) electrons. The van der Waals surface area contributed by atoms with Gasteiger partial charge in [0.15, 0.2) is 5.60 Å². The third-order valence-corrected chi connectivity index (χ3v) is 7.98. The van der Waals surface area contributed by atoms with E-state index >= 15 is 0 Å². The monoisotopic (exact) mass is 455 g/mol. The first-order chi connectivity index (χ1) is 16.5. The first-order valence-electron chi connectivity index (χ1n) is 12.1. The van der Waals surface area contributed by atoms with Gasteiger partial charge in [-0.05, 0) is 47.2 Å². The van der Waals surface area contributed by atoms with Crippen LogP contribution in [0.3, 0.4) is 0 Å². The van der Waals surface area contributed by atoms with Crippen LogP contribution in [0.15, 0.2) is 60.7 Å². The van der Waals surface area contributed by atoms with Crippen LogP contribution in [0, 0.1) is 0 Å². The summed E-state index contributed by atoms with van der Waals surface area (Å²) in [6.45, 7) is 1.78. The number of benzene rings is 3. The zero-order valence-electron chi connectivity index (χ0n) is 19.3. The Balaban J connectivity index is 1.23. The van der Waals surface area contributed by atoms with E-state index in [1.165, 1.54) is 28.9 Å². The summed E-state index contributed by atoms with van der Waals surface area (Å²) >= 11 is 0.